The lowest BCUT2D eigenvalue weighted by Crippen LogP contribution is -2.39. The second-order valence-corrected chi connectivity index (χ2v) is 8.67. The molecule has 0 spiro atoms. The Balaban J connectivity index is 1.59. The van der Waals surface area contributed by atoms with Gasteiger partial charge in [-0.3, -0.25) is 10.1 Å². The lowest BCUT2D eigenvalue weighted by molar-refractivity contribution is -0.385. The molecule has 0 atom stereocenters. The highest BCUT2D eigenvalue weighted by Crippen LogP contribution is 2.26. The van der Waals surface area contributed by atoms with Crippen LogP contribution in [0.5, 0.6) is 5.75 Å². The fourth-order valence-electron chi connectivity index (χ4n) is 3.14. The molecule has 27 heavy (non-hydrogen) atoms. The van der Waals surface area contributed by atoms with Gasteiger partial charge in [-0.2, -0.15) is 4.31 Å². The largest absolute Gasteiger partial charge is 0.493 e. The summed E-state index contributed by atoms with van der Waals surface area (Å²) < 4.78 is 32.7. The first kappa shape index (κ1) is 19.3. The molecule has 1 saturated heterocycles. The van der Waals surface area contributed by atoms with E-state index in [4.69, 9.17) is 4.74 Å². The van der Waals surface area contributed by atoms with Crippen molar-refractivity contribution in [1.29, 1.82) is 0 Å². The molecule has 1 aliphatic rings. The van der Waals surface area contributed by atoms with E-state index in [9.17, 15) is 18.5 Å². The lowest BCUT2D eigenvalue weighted by atomic mass is 9.99. The van der Waals surface area contributed by atoms with Crippen molar-refractivity contribution in [3.05, 3.63) is 64.2 Å². The van der Waals surface area contributed by atoms with E-state index in [0.29, 0.717) is 32.5 Å². The molecule has 0 aliphatic carbocycles. The number of sulfonamides is 1. The third kappa shape index (κ3) is 4.64. The fraction of sp³-hybridized carbons (Fsp3) is 0.368. The minimum absolute atomic E-state index is 0.0360. The highest BCUT2D eigenvalue weighted by molar-refractivity contribution is 7.89. The lowest BCUT2D eigenvalue weighted by Gasteiger charge is -2.31. The van der Waals surface area contributed by atoms with Crippen molar-refractivity contribution in [1.82, 2.24) is 4.31 Å². The van der Waals surface area contributed by atoms with Gasteiger partial charge in [-0.15, -0.1) is 0 Å². The normalized spacial score (nSPS) is 16.2. The van der Waals surface area contributed by atoms with Crippen molar-refractivity contribution >= 4 is 15.7 Å². The van der Waals surface area contributed by atoms with E-state index < -0.39 is 14.9 Å². The number of piperidine rings is 1. The summed E-state index contributed by atoms with van der Waals surface area (Å²) in [6.07, 6.45) is 1.39. The Morgan fingerprint density at radius 3 is 2.52 bits per heavy atom. The molecule has 8 heteroatoms. The van der Waals surface area contributed by atoms with Crippen LogP contribution in [0.1, 0.15) is 18.4 Å². The SMILES string of the molecule is Cc1cccc(OCC2CCN(S(=O)(=O)c3cccc([N+](=O)[O-])c3)CC2)c1. The number of nitro groups is 1. The van der Waals surface area contributed by atoms with Gasteiger partial charge in [-0.25, -0.2) is 8.42 Å². The van der Waals surface area contributed by atoms with E-state index in [1.54, 1.807) is 0 Å². The highest BCUT2D eigenvalue weighted by Gasteiger charge is 2.30. The van der Waals surface area contributed by atoms with Gasteiger partial charge in [0.25, 0.3) is 5.69 Å². The van der Waals surface area contributed by atoms with E-state index in [1.165, 1.54) is 22.5 Å². The van der Waals surface area contributed by atoms with Gasteiger partial charge in [0.1, 0.15) is 5.75 Å². The van der Waals surface area contributed by atoms with Gasteiger partial charge in [-0.05, 0) is 49.4 Å². The van der Waals surface area contributed by atoms with Crippen LogP contribution in [0.4, 0.5) is 5.69 Å². The number of hydrogen-bond donors (Lipinski definition) is 0. The summed E-state index contributed by atoms with van der Waals surface area (Å²) in [6.45, 7) is 3.32. The van der Waals surface area contributed by atoms with E-state index in [1.807, 2.05) is 31.2 Å². The average molecular weight is 390 g/mol. The molecule has 3 rings (SSSR count). The number of benzene rings is 2. The van der Waals surface area contributed by atoms with Gasteiger partial charge >= 0.3 is 0 Å². The first-order chi connectivity index (χ1) is 12.9. The monoisotopic (exact) mass is 390 g/mol. The molecule has 0 aromatic heterocycles. The fourth-order valence-corrected chi connectivity index (χ4v) is 4.65. The predicted octanol–water partition coefficient (Wildman–Crippen LogP) is 3.38. The maximum Gasteiger partial charge on any atom is 0.270 e. The predicted molar refractivity (Wildman–Crippen MR) is 101 cm³/mol. The quantitative estimate of drug-likeness (QED) is 0.557. The van der Waals surface area contributed by atoms with Crippen molar-refractivity contribution in [3.63, 3.8) is 0 Å². The molecule has 144 valence electrons. The number of nitrogens with zero attached hydrogens (tertiary/aromatic N) is 2. The number of aryl methyl sites for hydroxylation is 1. The standard InChI is InChI=1S/C19H22N2O5S/c1-15-4-2-6-18(12-15)26-14-16-8-10-20(11-9-16)27(24,25)19-7-3-5-17(13-19)21(22)23/h2-7,12-13,16H,8-11,14H2,1H3. The summed E-state index contributed by atoms with van der Waals surface area (Å²) in [5.74, 6) is 1.10. The second kappa shape index (κ2) is 8.06. The molecule has 0 radical (unpaired) electrons. The van der Waals surface area contributed by atoms with E-state index in [-0.39, 0.29) is 16.5 Å². The molecule has 0 saturated carbocycles. The van der Waals surface area contributed by atoms with E-state index >= 15 is 0 Å². The Bertz CT molecular complexity index is 921. The van der Waals surface area contributed by atoms with Crippen LogP contribution in [0, 0.1) is 23.0 Å². The highest BCUT2D eigenvalue weighted by atomic mass is 32.2. The number of nitro benzene ring substituents is 1. The number of rotatable bonds is 6. The molecular formula is C19H22N2O5S. The first-order valence-corrected chi connectivity index (χ1v) is 10.2. The maximum absolute atomic E-state index is 12.8. The Morgan fingerprint density at radius 1 is 1.15 bits per heavy atom. The summed E-state index contributed by atoms with van der Waals surface area (Å²) in [5, 5.41) is 10.9. The van der Waals surface area contributed by atoms with Gasteiger partial charge < -0.3 is 4.74 Å². The van der Waals surface area contributed by atoms with Gasteiger partial charge in [0, 0.05) is 25.2 Å². The smallest absolute Gasteiger partial charge is 0.270 e. The van der Waals surface area contributed by atoms with Gasteiger partial charge in [0.05, 0.1) is 16.4 Å². The van der Waals surface area contributed by atoms with E-state index in [0.717, 1.165) is 17.4 Å². The molecule has 0 unspecified atom stereocenters. The molecule has 0 bridgehead atoms. The summed E-state index contributed by atoms with van der Waals surface area (Å²) in [6, 6.07) is 13.0. The maximum atomic E-state index is 12.8. The Kier molecular flexibility index (Phi) is 5.76. The molecule has 2 aromatic rings. The van der Waals surface area contributed by atoms with Gasteiger partial charge in [0.15, 0.2) is 0 Å². The Hall–Kier alpha value is -2.45. The van der Waals surface area contributed by atoms with Crippen molar-refractivity contribution in [2.24, 2.45) is 5.92 Å². The third-order valence-corrected chi connectivity index (χ3v) is 6.61. The number of non-ortho nitro benzene ring substituents is 1. The number of hydrogen-bond acceptors (Lipinski definition) is 5. The van der Waals surface area contributed by atoms with Crippen LogP contribution in [0.2, 0.25) is 0 Å². The summed E-state index contributed by atoms with van der Waals surface area (Å²) >= 11 is 0. The van der Waals surface area contributed by atoms with Crippen LogP contribution < -0.4 is 4.74 Å². The minimum Gasteiger partial charge on any atom is -0.493 e. The summed E-state index contributed by atoms with van der Waals surface area (Å²) in [7, 11) is -3.73. The van der Waals surface area contributed by atoms with Crippen molar-refractivity contribution in [2.75, 3.05) is 19.7 Å². The molecule has 1 aliphatic heterocycles. The molecule has 7 nitrogen and oxygen atoms in total. The number of ether oxygens (including phenoxy) is 1. The van der Waals surface area contributed by atoms with Crippen LogP contribution in [-0.2, 0) is 10.0 Å². The molecule has 1 fully saturated rings. The van der Waals surface area contributed by atoms with Crippen molar-refractivity contribution in [3.8, 4) is 5.75 Å². The van der Waals surface area contributed by atoms with E-state index in [2.05, 4.69) is 0 Å². The first-order valence-electron chi connectivity index (χ1n) is 8.80. The van der Waals surface area contributed by atoms with Crippen LogP contribution in [0.3, 0.4) is 0 Å². The molecule has 0 amide bonds. The van der Waals surface area contributed by atoms with Crippen LogP contribution in [0.15, 0.2) is 53.4 Å². The topological polar surface area (TPSA) is 89.8 Å². The Labute approximate surface area is 158 Å². The van der Waals surface area contributed by atoms with Crippen molar-refractivity contribution in [2.45, 2.75) is 24.7 Å². The van der Waals surface area contributed by atoms with Gasteiger partial charge in [-0.1, -0.05) is 18.2 Å². The molecule has 2 aromatic carbocycles. The second-order valence-electron chi connectivity index (χ2n) is 6.73. The van der Waals surface area contributed by atoms with Crippen LogP contribution in [0.25, 0.3) is 0 Å². The van der Waals surface area contributed by atoms with Crippen LogP contribution in [-0.4, -0.2) is 37.3 Å². The zero-order chi connectivity index (χ0) is 19.4. The van der Waals surface area contributed by atoms with Crippen molar-refractivity contribution < 1.29 is 18.1 Å². The third-order valence-electron chi connectivity index (χ3n) is 4.71. The summed E-state index contributed by atoms with van der Waals surface area (Å²) in [4.78, 5) is 10.3. The average Bonchev–Trinajstić information content (AvgIpc) is 2.67. The van der Waals surface area contributed by atoms with Crippen LogP contribution >= 0.6 is 0 Å². The molecular weight excluding hydrogens is 368 g/mol. The molecule has 0 N–H and O–H groups in total. The van der Waals surface area contributed by atoms with Gasteiger partial charge in [0.2, 0.25) is 10.0 Å². The Morgan fingerprint density at radius 2 is 1.85 bits per heavy atom. The zero-order valence-electron chi connectivity index (χ0n) is 15.1. The summed E-state index contributed by atoms with van der Waals surface area (Å²) in [5.41, 5.74) is 0.905. The minimum atomic E-state index is -3.73. The molecule has 1 heterocycles. The zero-order valence-corrected chi connectivity index (χ0v) is 15.9.